The molecule has 0 unspecified atom stereocenters. The molecule has 0 spiro atoms. The molecule has 0 bridgehead atoms. The van der Waals surface area contributed by atoms with Gasteiger partial charge in [0.1, 0.15) is 0 Å². The molecular formula is C54H37N. The number of fused-ring (bicyclic) bond motifs is 3. The van der Waals surface area contributed by atoms with Crippen LogP contribution >= 0.6 is 0 Å². The molecule has 10 aromatic carbocycles. The summed E-state index contributed by atoms with van der Waals surface area (Å²) in [4.78, 5) is 2.27. The van der Waals surface area contributed by atoms with Crippen LogP contribution in [0.15, 0.2) is 224 Å². The molecule has 55 heavy (non-hydrogen) atoms. The van der Waals surface area contributed by atoms with E-state index in [1.165, 1.54) is 21.9 Å². The third kappa shape index (κ3) is 6.22. The van der Waals surface area contributed by atoms with Gasteiger partial charge in [0, 0.05) is 17.1 Å². The Morgan fingerprint density at radius 3 is 1.45 bits per heavy atom. The summed E-state index contributed by atoms with van der Waals surface area (Å²) in [6, 6.07) is 66.1. The fourth-order valence-corrected chi connectivity index (χ4v) is 7.77. The number of anilines is 3. The van der Waals surface area contributed by atoms with Gasteiger partial charge >= 0.3 is 0 Å². The molecule has 10 aromatic rings. The fraction of sp³-hybridized carbons (Fsp3) is 0. The highest BCUT2D eigenvalue weighted by Gasteiger charge is 2.16. The van der Waals surface area contributed by atoms with E-state index in [9.17, 15) is 0 Å². The molecule has 258 valence electrons. The minimum Gasteiger partial charge on any atom is -0.310 e. The summed E-state index contributed by atoms with van der Waals surface area (Å²) in [6.07, 6.45) is 0. The van der Waals surface area contributed by atoms with Crippen molar-refractivity contribution < 1.29 is 6.85 Å². The van der Waals surface area contributed by atoms with Crippen molar-refractivity contribution in [3.05, 3.63) is 224 Å². The fourth-order valence-electron chi connectivity index (χ4n) is 7.77. The molecule has 10 rings (SSSR count). The van der Waals surface area contributed by atoms with Gasteiger partial charge in [0.05, 0.1) is 6.85 Å². The number of hydrogen-bond donors (Lipinski definition) is 0. The molecule has 0 N–H and O–H groups in total. The second kappa shape index (κ2) is 14.0. The molecule has 0 fully saturated rings. The summed E-state index contributed by atoms with van der Waals surface area (Å²) >= 11 is 0. The minimum absolute atomic E-state index is 0.196. The predicted molar refractivity (Wildman–Crippen MR) is 235 cm³/mol. The molecule has 0 atom stereocenters. The SMILES string of the molecule is [2H]c1c([2H])c([2H])c(-c2cccc3cccc(-c4ccc(N(c5ccc(-c6ccccc6)cc5)c5ccc6cc(-c7ccc8ccccc8c7)ccc6c5)cc4)c23)c([2H])c1[2H]. The first-order valence-corrected chi connectivity index (χ1v) is 18.5. The topological polar surface area (TPSA) is 3.24 Å². The molecule has 0 aromatic heterocycles. The lowest BCUT2D eigenvalue weighted by Gasteiger charge is -2.26. The zero-order chi connectivity index (χ0) is 40.9. The highest BCUT2D eigenvalue weighted by molar-refractivity contribution is 6.06. The zero-order valence-electron chi connectivity index (χ0n) is 34.9. The van der Waals surface area contributed by atoms with Crippen LogP contribution in [0.4, 0.5) is 17.1 Å². The molecule has 0 aliphatic carbocycles. The molecular weight excluding hydrogens is 663 g/mol. The number of rotatable bonds is 7. The lowest BCUT2D eigenvalue weighted by molar-refractivity contribution is 1.29. The van der Waals surface area contributed by atoms with Crippen LogP contribution in [0, 0.1) is 0 Å². The Kier molecular flexibility index (Phi) is 6.96. The second-order valence-corrected chi connectivity index (χ2v) is 13.8. The van der Waals surface area contributed by atoms with E-state index >= 15 is 0 Å². The Hall–Kier alpha value is -7.22. The molecule has 1 heteroatoms. The van der Waals surface area contributed by atoms with E-state index in [2.05, 4.69) is 157 Å². The summed E-state index contributed by atoms with van der Waals surface area (Å²) in [5.41, 5.74) is 10.3. The summed E-state index contributed by atoms with van der Waals surface area (Å²) in [5, 5.41) is 6.49. The van der Waals surface area contributed by atoms with Crippen LogP contribution in [-0.4, -0.2) is 0 Å². The third-order valence-corrected chi connectivity index (χ3v) is 10.5. The van der Waals surface area contributed by atoms with E-state index in [-0.39, 0.29) is 29.7 Å². The van der Waals surface area contributed by atoms with Crippen LogP contribution in [0.5, 0.6) is 0 Å². The van der Waals surface area contributed by atoms with Gasteiger partial charge in [-0.15, -0.1) is 0 Å². The average Bonchev–Trinajstić information content (AvgIpc) is 3.30. The van der Waals surface area contributed by atoms with Gasteiger partial charge in [0.25, 0.3) is 0 Å². The van der Waals surface area contributed by atoms with Crippen molar-refractivity contribution in [2.24, 2.45) is 0 Å². The van der Waals surface area contributed by atoms with Gasteiger partial charge in [0.15, 0.2) is 0 Å². The zero-order valence-corrected chi connectivity index (χ0v) is 29.9. The monoisotopic (exact) mass is 704 g/mol. The van der Waals surface area contributed by atoms with Crippen molar-refractivity contribution >= 4 is 49.4 Å². The molecule has 0 aliphatic heterocycles. The van der Waals surface area contributed by atoms with Crippen LogP contribution in [-0.2, 0) is 0 Å². The summed E-state index contributed by atoms with van der Waals surface area (Å²) in [5.74, 6) is 0. The lowest BCUT2D eigenvalue weighted by Crippen LogP contribution is -2.09. The minimum atomic E-state index is -0.402. The highest BCUT2D eigenvalue weighted by Crippen LogP contribution is 2.41. The Balaban J connectivity index is 1.07. The predicted octanol–water partition coefficient (Wildman–Crippen LogP) is 15.3. The van der Waals surface area contributed by atoms with Crippen molar-refractivity contribution in [1.82, 2.24) is 0 Å². The number of nitrogens with zero attached hydrogens (tertiary/aromatic N) is 1. The molecule has 0 aliphatic rings. The van der Waals surface area contributed by atoms with Gasteiger partial charge in [0.2, 0.25) is 0 Å². The lowest BCUT2D eigenvalue weighted by atomic mass is 9.91. The van der Waals surface area contributed by atoms with Gasteiger partial charge in [-0.25, -0.2) is 0 Å². The highest BCUT2D eigenvalue weighted by atomic mass is 15.1. The molecule has 0 saturated heterocycles. The van der Waals surface area contributed by atoms with Gasteiger partial charge in [-0.1, -0.05) is 176 Å². The maximum Gasteiger partial charge on any atom is 0.0629 e. The van der Waals surface area contributed by atoms with E-state index in [1.54, 1.807) is 0 Å². The molecule has 0 amide bonds. The van der Waals surface area contributed by atoms with Crippen LogP contribution in [0.2, 0.25) is 0 Å². The Bertz CT molecular complexity index is 3220. The van der Waals surface area contributed by atoms with Gasteiger partial charge in [-0.05, 0) is 125 Å². The van der Waals surface area contributed by atoms with Crippen molar-refractivity contribution in [2.45, 2.75) is 0 Å². The molecule has 0 heterocycles. The Morgan fingerprint density at radius 1 is 0.291 bits per heavy atom. The normalized spacial score (nSPS) is 12.5. The van der Waals surface area contributed by atoms with Gasteiger partial charge in [-0.2, -0.15) is 0 Å². The summed E-state index contributed by atoms with van der Waals surface area (Å²) < 4.78 is 42.5. The Morgan fingerprint density at radius 2 is 0.764 bits per heavy atom. The number of benzene rings is 10. The third-order valence-electron chi connectivity index (χ3n) is 10.5. The van der Waals surface area contributed by atoms with Crippen LogP contribution in [0.1, 0.15) is 6.85 Å². The first-order chi connectivity index (χ1) is 29.3. The van der Waals surface area contributed by atoms with Crippen molar-refractivity contribution in [2.75, 3.05) is 4.90 Å². The van der Waals surface area contributed by atoms with E-state index < -0.39 is 6.04 Å². The molecule has 0 radical (unpaired) electrons. The average molecular weight is 705 g/mol. The Labute approximate surface area is 329 Å². The molecule has 1 nitrogen and oxygen atoms in total. The quantitative estimate of drug-likeness (QED) is 0.160. The standard InChI is InChI=1S/C54H37N/c1-3-11-38(12-4-1)40-25-30-49(31-26-40)55(51-34-29-47-36-46(23-24-48(47)37-51)45-22-21-39-13-7-8-16-44(39)35-45)50-32-27-42(28-33-50)53-20-10-18-43-17-9-19-52(54(43)53)41-14-5-2-6-15-41/h1-37H/i2D,5D,6D,14D,15D. The van der Waals surface area contributed by atoms with Crippen molar-refractivity contribution in [3.8, 4) is 44.5 Å². The first kappa shape index (κ1) is 27.4. The van der Waals surface area contributed by atoms with E-state index in [1.807, 2.05) is 42.5 Å². The van der Waals surface area contributed by atoms with Crippen molar-refractivity contribution in [3.63, 3.8) is 0 Å². The summed E-state index contributed by atoms with van der Waals surface area (Å²) in [7, 11) is 0. The van der Waals surface area contributed by atoms with E-state index in [4.69, 9.17) is 6.85 Å². The maximum atomic E-state index is 8.77. The van der Waals surface area contributed by atoms with Crippen LogP contribution in [0.3, 0.4) is 0 Å². The van der Waals surface area contributed by atoms with E-state index in [0.29, 0.717) is 5.56 Å². The van der Waals surface area contributed by atoms with Gasteiger partial charge < -0.3 is 4.90 Å². The first-order valence-electron chi connectivity index (χ1n) is 21.0. The summed E-state index contributed by atoms with van der Waals surface area (Å²) in [6.45, 7) is 0. The van der Waals surface area contributed by atoms with Crippen molar-refractivity contribution in [1.29, 1.82) is 0 Å². The smallest absolute Gasteiger partial charge is 0.0629 e. The van der Waals surface area contributed by atoms with E-state index in [0.717, 1.165) is 60.9 Å². The number of hydrogen-bond acceptors (Lipinski definition) is 1. The largest absolute Gasteiger partial charge is 0.310 e. The molecule has 0 saturated carbocycles. The van der Waals surface area contributed by atoms with Crippen LogP contribution < -0.4 is 4.90 Å². The van der Waals surface area contributed by atoms with Crippen LogP contribution in [0.25, 0.3) is 76.8 Å². The van der Waals surface area contributed by atoms with Gasteiger partial charge in [-0.3, -0.25) is 0 Å². The maximum absolute atomic E-state index is 8.77. The second-order valence-electron chi connectivity index (χ2n) is 13.8.